The van der Waals surface area contributed by atoms with Crippen LogP contribution in [0.25, 0.3) is 0 Å². The monoisotopic (exact) mass is 312 g/mol. The Morgan fingerprint density at radius 2 is 1.78 bits per heavy atom. The fourth-order valence-corrected chi connectivity index (χ4v) is 2.07. The first-order valence-corrected chi connectivity index (χ1v) is 7.44. The van der Waals surface area contributed by atoms with Gasteiger partial charge in [0.05, 0.1) is 6.54 Å². The molecule has 0 aromatic heterocycles. The van der Waals surface area contributed by atoms with Crippen molar-refractivity contribution in [1.29, 1.82) is 0 Å². The first-order chi connectivity index (χ1) is 11.0. The lowest BCUT2D eigenvalue weighted by Crippen LogP contribution is -2.32. The van der Waals surface area contributed by atoms with Crippen molar-refractivity contribution >= 4 is 17.5 Å². The number of aromatic hydroxyl groups is 1. The highest BCUT2D eigenvalue weighted by molar-refractivity contribution is 5.94. The summed E-state index contributed by atoms with van der Waals surface area (Å²) in [6.45, 7) is 1.92. The van der Waals surface area contributed by atoms with E-state index in [2.05, 4.69) is 10.6 Å². The second-order valence-corrected chi connectivity index (χ2v) is 5.36. The van der Waals surface area contributed by atoms with E-state index in [0.29, 0.717) is 18.5 Å². The van der Waals surface area contributed by atoms with Gasteiger partial charge in [0.15, 0.2) is 0 Å². The summed E-state index contributed by atoms with van der Waals surface area (Å²) in [6, 6.07) is 14.3. The first kappa shape index (κ1) is 16.5. The number of hydrogen-bond acceptors (Lipinski definition) is 3. The van der Waals surface area contributed by atoms with Gasteiger partial charge in [-0.2, -0.15) is 0 Å². The molecule has 2 aromatic carbocycles. The van der Waals surface area contributed by atoms with Crippen molar-refractivity contribution in [2.45, 2.75) is 19.8 Å². The molecule has 5 heteroatoms. The molecule has 0 aliphatic rings. The van der Waals surface area contributed by atoms with Crippen LogP contribution in [-0.2, 0) is 16.0 Å². The van der Waals surface area contributed by atoms with E-state index in [1.54, 1.807) is 12.1 Å². The summed E-state index contributed by atoms with van der Waals surface area (Å²) >= 11 is 0. The smallest absolute Gasteiger partial charge is 0.243 e. The molecule has 5 nitrogen and oxygen atoms in total. The van der Waals surface area contributed by atoms with Gasteiger partial charge in [0.1, 0.15) is 5.75 Å². The van der Waals surface area contributed by atoms with Gasteiger partial charge < -0.3 is 15.7 Å². The summed E-state index contributed by atoms with van der Waals surface area (Å²) in [5, 5.41) is 14.5. The summed E-state index contributed by atoms with van der Waals surface area (Å²) in [7, 11) is 0. The van der Waals surface area contributed by atoms with E-state index in [1.165, 1.54) is 17.7 Å². The Bertz CT molecular complexity index is 681. The Balaban J connectivity index is 1.71. The van der Waals surface area contributed by atoms with E-state index < -0.39 is 0 Å². The van der Waals surface area contributed by atoms with Crippen molar-refractivity contribution in [2.75, 3.05) is 11.9 Å². The van der Waals surface area contributed by atoms with Crippen LogP contribution in [0.1, 0.15) is 17.5 Å². The Kier molecular flexibility index (Phi) is 5.74. The highest BCUT2D eigenvalue weighted by Crippen LogP contribution is 2.14. The molecule has 0 radical (unpaired) electrons. The van der Waals surface area contributed by atoms with E-state index in [9.17, 15) is 14.7 Å². The van der Waals surface area contributed by atoms with Crippen LogP contribution in [0.4, 0.5) is 5.69 Å². The zero-order valence-electron chi connectivity index (χ0n) is 13.0. The molecule has 0 aliphatic carbocycles. The predicted molar refractivity (Wildman–Crippen MR) is 89.2 cm³/mol. The normalized spacial score (nSPS) is 10.1. The molecular formula is C18H20N2O3. The van der Waals surface area contributed by atoms with Crippen LogP contribution in [0.2, 0.25) is 0 Å². The van der Waals surface area contributed by atoms with Crippen LogP contribution < -0.4 is 10.6 Å². The maximum Gasteiger partial charge on any atom is 0.243 e. The summed E-state index contributed by atoms with van der Waals surface area (Å²) in [5.74, 6) is -0.430. The minimum absolute atomic E-state index is 0.0740. The molecule has 0 heterocycles. The first-order valence-electron chi connectivity index (χ1n) is 7.44. The predicted octanol–water partition coefficient (Wildman–Crippen LogP) is 2.39. The van der Waals surface area contributed by atoms with Crippen LogP contribution in [-0.4, -0.2) is 23.5 Å². The van der Waals surface area contributed by atoms with Crippen molar-refractivity contribution in [3.8, 4) is 5.75 Å². The molecule has 0 aliphatic heterocycles. The highest BCUT2D eigenvalue weighted by Gasteiger charge is 2.06. The van der Waals surface area contributed by atoms with Crippen molar-refractivity contribution in [1.82, 2.24) is 5.32 Å². The number of anilines is 1. The lowest BCUT2D eigenvalue weighted by atomic mass is 10.1. The number of amides is 2. The van der Waals surface area contributed by atoms with Gasteiger partial charge in [0, 0.05) is 18.2 Å². The molecule has 23 heavy (non-hydrogen) atoms. The van der Waals surface area contributed by atoms with E-state index in [0.717, 1.165) is 5.56 Å². The maximum absolute atomic E-state index is 11.8. The fourth-order valence-electron chi connectivity index (χ4n) is 2.07. The third kappa shape index (κ3) is 5.82. The number of carbonyl (C=O) groups excluding carboxylic acids is 2. The van der Waals surface area contributed by atoms with Crippen LogP contribution >= 0.6 is 0 Å². The van der Waals surface area contributed by atoms with E-state index in [4.69, 9.17) is 0 Å². The number of carbonyl (C=O) groups is 2. The minimum atomic E-state index is -0.334. The second-order valence-electron chi connectivity index (χ2n) is 5.36. The number of phenolic OH excluding ortho intramolecular Hbond substituents is 1. The Labute approximate surface area is 135 Å². The molecule has 2 aromatic rings. The van der Waals surface area contributed by atoms with Gasteiger partial charge in [0.2, 0.25) is 11.8 Å². The number of rotatable bonds is 6. The second kappa shape index (κ2) is 7.98. The van der Waals surface area contributed by atoms with Crippen molar-refractivity contribution in [3.63, 3.8) is 0 Å². The number of nitrogens with one attached hydrogen (secondary N) is 2. The molecule has 0 unspecified atom stereocenters. The zero-order chi connectivity index (χ0) is 16.7. The molecule has 0 atom stereocenters. The average molecular weight is 312 g/mol. The number of aryl methyl sites for hydroxylation is 2. The van der Waals surface area contributed by atoms with E-state index in [1.807, 2.05) is 31.2 Å². The van der Waals surface area contributed by atoms with Gasteiger partial charge in [-0.1, -0.05) is 35.9 Å². The molecule has 0 saturated carbocycles. The Morgan fingerprint density at radius 1 is 1.04 bits per heavy atom. The molecule has 0 bridgehead atoms. The molecule has 2 amide bonds. The minimum Gasteiger partial charge on any atom is -0.508 e. The van der Waals surface area contributed by atoms with Crippen LogP contribution in [0, 0.1) is 6.92 Å². The average Bonchev–Trinajstić information content (AvgIpc) is 2.52. The lowest BCUT2D eigenvalue weighted by Gasteiger charge is -2.07. The molecule has 0 fully saturated rings. The summed E-state index contributed by atoms with van der Waals surface area (Å²) in [4.78, 5) is 23.5. The van der Waals surface area contributed by atoms with Crippen LogP contribution in [0.5, 0.6) is 5.75 Å². The topological polar surface area (TPSA) is 78.4 Å². The van der Waals surface area contributed by atoms with Gasteiger partial charge in [0.25, 0.3) is 0 Å². The third-order valence-corrected chi connectivity index (χ3v) is 3.34. The highest BCUT2D eigenvalue weighted by atomic mass is 16.3. The van der Waals surface area contributed by atoms with Crippen LogP contribution in [0.3, 0.4) is 0 Å². The van der Waals surface area contributed by atoms with Crippen molar-refractivity contribution in [3.05, 3.63) is 59.7 Å². The SMILES string of the molecule is Cc1ccc(CCC(=O)NCC(=O)Nc2cccc(O)c2)cc1. The molecule has 120 valence electrons. The molecule has 2 rings (SSSR count). The van der Waals surface area contributed by atoms with Gasteiger partial charge in [-0.05, 0) is 31.0 Å². The van der Waals surface area contributed by atoms with Crippen LogP contribution in [0.15, 0.2) is 48.5 Å². The zero-order valence-corrected chi connectivity index (χ0v) is 13.0. The Morgan fingerprint density at radius 3 is 2.48 bits per heavy atom. The number of phenols is 1. The van der Waals surface area contributed by atoms with Gasteiger partial charge >= 0.3 is 0 Å². The largest absolute Gasteiger partial charge is 0.508 e. The van der Waals surface area contributed by atoms with Gasteiger partial charge in [-0.15, -0.1) is 0 Å². The molecule has 3 N–H and O–H groups in total. The summed E-state index contributed by atoms with van der Waals surface area (Å²) < 4.78 is 0. The number of benzene rings is 2. The fraction of sp³-hybridized carbons (Fsp3) is 0.222. The third-order valence-electron chi connectivity index (χ3n) is 3.34. The van der Waals surface area contributed by atoms with Crippen molar-refractivity contribution in [2.24, 2.45) is 0 Å². The van der Waals surface area contributed by atoms with Gasteiger partial charge in [-0.25, -0.2) is 0 Å². The van der Waals surface area contributed by atoms with E-state index >= 15 is 0 Å². The lowest BCUT2D eigenvalue weighted by molar-refractivity contribution is -0.124. The number of hydrogen-bond donors (Lipinski definition) is 3. The molecular weight excluding hydrogens is 292 g/mol. The summed E-state index contributed by atoms with van der Waals surface area (Å²) in [5.41, 5.74) is 2.76. The van der Waals surface area contributed by atoms with Gasteiger partial charge in [-0.3, -0.25) is 9.59 Å². The quantitative estimate of drug-likeness (QED) is 0.766. The summed E-state index contributed by atoms with van der Waals surface area (Å²) in [6.07, 6.45) is 0.975. The van der Waals surface area contributed by atoms with Crippen molar-refractivity contribution < 1.29 is 14.7 Å². The standard InChI is InChI=1S/C18H20N2O3/c1-13-5-7-14(8-6-13)9-10-17(22)19-12-18(23)20-15-3-2-4-16(21)11-15/h2-8,11,21H,9-10,12H2,1H3,(H,19,22)(H,20,23). The molecule has 0 saturated heterocycles. The van der Waals surface area contributed by atoms with E-state index in [-0.39, 0.29) is 24.1 Å². The Hall–Kier alpha value is -2.82. The maximum atomic E-state index is 11.8. The molecule has 0 spiro atoms.